The topological polar surface area (TPSA) is 86.8 Å². The molecule has 142 valence electrons. The van der Waals surface area contributed by atoms with Crippen molar-refractivity contribution >= 4 is 21.7 Å². The van der Waals surface area contributed by atoms with Gasteiger partial charge in [-0.3, -0.25) is 9.59 Å². The third-order valence-electron chi connectivity index (χ3n) is 5.39. The van der Waals surface area contributed by atoms with Crippen LogP contribution in [0.25, 0.3) is 0 Å². The molecule has 0 atom stereocenters. The van der Waals surface area contributed by atoms with Gasteiger partial charge in [-0.2, -0.15) is 0 Å². The van der Waals surface area contributed by atoms with Crippen molar-refractivity contribution in [2.24, 2.45) is 0 Å². The molecule has 2 saturated heterocycles. The minimum atomic E-state index is -3.52. The van der Waals surface area contributed by atoms with E-state index in [1.165, 1.54) is 0 Å². The van der Waals surface area contributed by atoms with Crippen LogP contribution in [0.15, 0.2) is 30.3 Å². The first kappa shape index (κ1) is 18.8. The number of piperidine rings is 1. The maximum Gasteiger partial charge on any atom is 0.253 e. The third kappa shape index (κ3) is 3.48. The summed E-state index contributed by atoms with van der Waals surface area (Å²) in [6.45, 7) is 2.59. The lowest BCUT2D eigenvalue weighted by Crippen LogP contribution is -2.61. The van der Waals surface area contributed by atoms with Crippen molar-refractivity contribution in [1.29, 1.82) is 0 Å². The van der Waals surface area contributed by atoms with Crippen LogP contribution >= 0.6 is 0 Å². The van der Waals surface area contributed by atoms with Gasteiger partial charge >= 0.3 is 0 Å². The highest BCUT2D eigenvalue weighted by atomic mass is 32.2. The highest BCUT2D eigenvalue weighted by Crippen LogP contribution is 2.30. The number of rotatable bonds is 3. The molecular weight excluding hydrogens is 354 g/mol. The summed E-state index contributed by atoms with van der Waals surface area (Å²) in [7, 11) is -3.52. The van der Waals surface area contributed by atoms with Crippen LogP contribution in [0.3, 0.4) is 0 Å². The molecule has 1 aromatic carbocycles. The molecule has 1 aromatic rings. The number of benzene rings is 1. The summed E-state index contributed by atoms with van der Waals surface area (Å²) in [4.78, 5) is 28.9. The molecule has 2 aliphatic heterocycles. The molecule has 0 radical (unpaired) electrons. The van der Waals surface area contributed by atoms with Crippen molar-refractivity contribution in [2.45, 2.75) is 17.6 Å². The monoisotopic (exact) mass is 379 g/mol. The lowest BCUT2D eigenvalue weighted by Gasteiger charge is -2.42. The summed E-state index contributed by atoms with van der Waals surface area (Å²) in [5, 5.41) is 3.12. The van der Waals surface area contributed by atoms with E-state index in [0.29, 0.717) is 57.7 Å². The highest BCUT2D eigenvalue weighted by Gasteiger charge is 2.50. The van der Waals surface area contributed by atoms with E-state index in [1.54, 1.807) is 21.9 Å². The molecule has 26 heavy (non-hydrogen) atoms. The second-order valence-electron chi connectivity index (χ2n) is 6.97. The molecule has 0 spiro atoms. The normalized spacial score (nSPS) is 20.7. The minimum Gasteiger partial charge on any atom is -0.338 e. The number of sulfone groups is 1. The van der Waals surface area contributed by atoms with Crippen molar-refractivity contribution in [1.82, 2.24) is 15.1 Å². The van der Waals surface area contributed by atoms with Gasteiger partial charge in [-0.25, -0.2) is 8.42 Å². The molecule has 2 amide bonds. The molecule has 2 fully saturated rings. The highest BCUT2D eigenvalue weighted by molar-refractivity contribution is 7.92. The largest absolute Gasteiger partial charge is 0.338 e. The Hall–Kier alpha value is -1.93. The Balaban J connectivity index is 1.69. The Kier molecular flexibility index (Phi) is 5.34. The lowest BCUT2D eigenvalue weighted by molar-refractivity contribution is -0.136. The second-order valence-corrected chi connectivity index (χ2v) is 9.29. The standard InChI is InChI=1S/C18H25N3O4S/c1-26(24,25)18(7-9-19-10-8-18)17(23)21-13-11-20(12-14-21)16(22)15-5-3-2-4-6-15/h2-6,19H,7-14H2,1H3. The van der Waals surface area contributed by atoms with Gasteiger partial charge < -0.3 is 15.1 Å². The Morgan fingerprint density at radius 3 is 2.04 bits per heavy atom. The average molecular weight is 379 g/mol. The first-order valence-electron chi connectivity index (χ1n) is 8.89. The Bertz CT molecular complexity index is 765. The van der Waals surface area contributed by atoms with Crippen LogP contribution < -0.4 is 5.32 Å². The SMILES string of the molecule is CS(=O)(=O)C1(C(=O)N2CCN(C(=O)c3ccccc3)CC2)CCNCC1. The van der Waals surface area contributed by atoms with Gasteiger partial charge in [0.1, 0.15) is 0 Å². The Morgan fingerprint density at radius 1 is 0.962 bits per heavy atom. The van der Waals surface area contributed by atoms with E-state index in [-0.39, 0.29) is 11.8 Å². The molecule has 2 heterocycles. The molecule has 0 unspecified atom stereocenters. The van der Waals surface area contributed by atoms with Crippen LogP contribution in [0.1, 0.15) is 23.2 Å². The fourth-order valence-corrected chi connectivity index (χ4v) is 5.13. The third-order valence-corrected chi connectivity index (χ3v) is 7.39. The number of carbonyl (C=O) groups excluding carboxylic acids is 2. The summed E-state index contributed by atoms with van der Waals surface area (Å²) in [6, 6.07) is 9.04. The molecule has 0 aliphatic carbocycles. The zero-order valence-electron chi connectivity index (χ0n) is 15.0. The number of nitrogens with zero attached hydrogens (tertiary/aromatic N) is 2. The molecule has 2 aliphatic rings. The summed E-state index contributed by atoms with van der Waals surface area (Å²) in [5.74, 6) is -0.370. The Morgan fingerprint density at radius 2 is 1.50 bits per heavy atom. The lowest BCUT2D eigenvalue weighted by atomic mass is 9.94. The predicted molar refractivity (Wildman–Crippen MR) is 98.6 cm³/mol. The Labute approximate surface area is 154 Å². The average Bonchev–Trinajstić information content (AvgIpc) is 2.67. The molecule has 0 saturated carbocycles. The first-order chi connectivity index (χ1) is 12.3. The van der Waals surface area contributed by atoms with Crippen LogP contribution in [0.5, 0.6) is 0 Å². The molecule has 1 N–H and O–H groups in total. The molecule has 8 heteroatoms. The van der Waals surface area contributed by atoms with Crippen LogP contribution in [-0.4, -0.2) is 80.3 Å². The summed E-state index contributed by atoms with van der Waals surface area (Å²) >= 11 is 0. The van der Waals surface area contributed by atoms with E-state index in [4.69, 9.17) is 0 Å². The van der Waals surface area contributed by atoms with Crippen molar-refractivity contribution in [3.63, 3.8) is 0 Å². The van der Waals surface area contributed by atoms with E-state index < -0.39 is 14.6 Å². The van der Waals surface area contributed by atoms with Crippen molar-refractivity contribution in [3.05, 3.63) is 35.9 Å². The maximum atomic E-state index is 13.1. The second kappa shape index (κ2) is 7.36. The molecule has 0 aromatic heterocycles. The number of amides is 2. The zero-order chi connectivity index (χ0) is 18.8. The van der Waals surface area contributed by atoms with Gasteiger partial charge in [-0.05, 0) is 38.1 Å². The van der Waals surface area contributed by atoms with E-state index in [2.05, 4.69) is 5.32 Å². The van der Waals surface area contributed by atoms with Gasteiger partial charge in [0, 0.05) is 38.0 Å². The number of carbonyl (C=O) groups is 2. The van der Waals surface area contributed by atoms with Gasteiger partial charge in [-0.1, -0.05) is 18.2 Å². The van der Waals surface area contributed by atoms with Crippen molar-refractivity contribution in [2.75, 3.05) is 45.5 Å². The van der Waals surface area contributed by atoms with Gasteiger partial charge in [0.25, 0.3) is 5.91 Å². The van der Waals surface area contributed by atoms with Crippen LogP contribution in [0.2, 0.25) is 0 Å². The van der Waals surface area contributed by atoms with E-state index >= 15 is 0 Å². The number of hydrogen-bond acceptors (Lipinski definition) is 5. The molecule has 3 rings (SSSR count). The van der Waals surface area contributed by atoms with Gasteiger partial charge in [-0.15, -0.1) is 0 Å². The van der Waals surface area contributed by atoms with Gasteiger partial charge in [0.15, 0.2) is 14.6 Å². The molecular formula is C18H25N3O4S. The predicted octanol–water partition coefficient (Wildman–Crippen LogP) is 0.138. The summed E-state index contributed by atoms with van der Waals surface area (Å²) in [5.41, 5.74) is 0.623. The minimum absolute atomic E-state index is 0.0580. The maximum absolute atomic E-state index is 13.1. The first-order valence-corrected chi connectivity index (χ1v) is 10.8. The molecule has 7 nitrogen and oxygen atoms in total. The van der Waals surface area contributed by atoms with E-state index in [9.17, 15) is 18.0 Å². The van der Waals surface area contributed by atoms with Crippen molar-refractivity contribution in [3.8, 4) is 0 Å². The fourth-order valence-electron chi connectivity index (χ4n) is 3.74. The summed E-state index contributed by atoms with van der Waals surface area (Å²) in [6.07, 6.45) is 1.76. The van der Waals surface area contributed by atoms with Gasteiger partial charge in [0.2, 0.25) is 5.91 Å². The summed E-state index contributed by atoms with van der Waals surface area (Å²) < 4.78 is 23.5. The van der Waals surface area contributed by atoms with E-state index in [0.717, 1.165) is 6.26 Å². The molecule has 0 bridgehead atoms. The van der Waals surface area contributed by atoms with Crippen molar-refractivity contribution < 1.29 is 18.0 Å². The smallest absolute Gasteiger partial charge is 0.253 e. The van der Waals surface area contributed by atoms with Gasteiger partial charge in [0.05, 0.1) is 0 Å². The number of hydrogen-bond donors (Lipinski definition) is 1. The number of nitrogens with one attached hydrogen (secondary N) is 1. The van der Waals surface area contributed by atoms with Crippen LogP contribution in [0, 0.1) is 0 Å². The zero-order valence-corrected chi connectivity index (χ0v) is 15.8. The van der Waals surface area contributed by atoms with Crippen LogP contribution in [-0.2, 0) is 14.6 Å². The van der Waals surface area contributed by atoms with Crippen LogP contribution in [0.4, 0.5) is 0 Å². The fraction of sp³-hybridized carbons (Fsp3) is 0.556. The quantitative estimate of drug-likeness (QED) is 0.807. The van der Waals surface area contributed by atoms with E-state index in [1.807, 2.05) is 18.2 Å². The number of piperazine rings is 1.